The quantitative estimate of drug-likeness (QED) is 0.422. The van der Waals surface area contributed by atoms with E-state index in [1.54, 1.807) is 23.6 Å². The molecule has 1 aliphatic rings. The second-order valence-corrected chi connectivity index (χ2v) is 9.36. The molecule has 7 nitrogen and oxygen atoms in total. The SMILES string of the molecule is COC(=O)c1c(-c2ccccc2Cl)csc1NC(=O)CN(Cc1ccc(C(N)=O)cc1)C1CC1. The molecule has 3 N–H and O–H groups in total. The minimum absolute atomic E-state index is 0.169. The number of hydrogen-bond acceptors (Lipinski definition) is 6. The van der Waals surface area contributed by atoms with Crippen LogP contribution in [-0.2, 0) is 16.1 Å². The average molecular weight is 498 g/mol. The number of rotatable bonds is 9. The highest BCUT2D eigenvalue weighted by molar-refractivity contribution is 7.15. The van der Waals surface area contributed by atoms with Crippen molar-refractivity contribution >= 4 is 45.7 Å². The number of thiophene rings is 1. The molecule has 0 radical (unpaired) electrons. The first-order valence-electron chi connectivity index (χ1n) is 10.7. The molecule has 0 saturated heterocycles. The molecule has 1 aromatic heterocycles. The van der Waals surface area contributed by atoms with E-state index in [9.17, 15) is 14.4 Å². The van der Waals surface area contributed by atoms with Crippen LogP contribution in [0.1, 0.15) is 39.1 Å². The van der Waals surface area contributed by atoms with Crippen LogP contribution in [0.2, 0.25) is 5.02 Å². The third kappa shape index (κ3) is 5.47. The number of ether oxygens (including phenoxy) is 1. The van der Waals surface area contributed by atoms with Crippen molar-refractivity contribution in [2.24, 2.45) is 5.73 Å². The predicted molar refractivity (Wildman–Crippen MR) is 133 cm³/mol. The second kappa shape index (κ2) is 10.4. The Balaban J connectivity index is 1.51. The Morgan fingerprint density at radius 3 is 2.44 bits per heavy atom. The molecule has 1 heterocycles. The largest absolute Gasteiger partial charge is 0.465 e. The summed E-state index contributed by atoms with van der Waals surface area (Å²) in [4.78, 5) is 39.0. The lowest BCUT2D eigenvalue weighted by Gasteiger charge is -2.21. The number of hydrogen-bond donors (Lipinski definition) is 2. The van der Waals surface area contributed by atoms with Gasteiger partial charge in [0.25, 0.3) is 0 Å². The number of carbonyl (C=O) groups is 3. The second-order valence-electron chi connectivity index (χ2n) is 8.07. The van der Waals surface area contributed by atoms with Gasteiger partial charge in [0.2, 0.25) is 11.8 Å². The van der Waals surface area contributed by atoms with E-state index < -0.39 is 11.9 Å². The normalized spacial score (nSPS) is 13.0. The lowest BCUT2D eigenvalue weighted by molar-refractivity contribution is -0.117. The summed E-state index contributed by atoms with van der Waals surface area (Å²) in [6.45, 7) is 0.735. The van der Waals surface area contributed by atoms with Crippen LogP contribution in [0.15, 0.2) is 53.9 Å². The zero-order valence-electron chi connectivity index (χ0n) is 18.5. The van der Waals surface area contributed by atoms with Crippen LogP contribution in [0.5, 0.6) is 0 Å². The summed E-state index contributed by atoms with van der Waals surface area (Å²) in [6, 6.07) is 14.6. The number of nitrogens with two attached hydrogens (primary N) is 1. The van der Waals surface area contributed by atoms with Gasteiger partial charge in [-0.05, 0) is 36.6 Å². The van der Waals surface area contributed by atoms with Crippen molar-refractivity contribution < 1.29 is 19.1 Å². The van der Waals surface area contributed by atoms with Crippen molar-refractivity contribution in [2.75, 3.05) is 19.0 Å². The first-order valence-corrected chi connectivity index (χ1v) is 12.0. The van der Waals surface area contributed by atoms with Crippen LogP contribution >= 0.6 is 22.9 Å². The van der Waals surface area contributed by atoms with Crippen molar-refractivity contribution in [1.29, 1.82) is 0 Å². The summed E-state index contributed by atoms with van der Waals surface area (Å²) in [5.41, 5.74) is 8.34. The van der Waals surface area contributed by atoms with Crippen LogP contribution < -0.4 is 11.1 Å². The Morgan fingerprint density at radius 1 is 1.12 bits per heavy atom. The van der Waals surface area contributed by atoms with E-state index >= 15 is 0 Å². The minimum Gasteiger partial charge on any atom is -0.465 e. The van der Waals surface area contributed by atoms with Gasteiger partial charge >= 0.3 is 5.97 Å². The molecule has 3 aromatic rings. The van der Waals surface area contributed by atoms with E-state index in [0.717, 1.165) is 18.4 Å². The van der Waals surface area contributed by atoms with Gasteiger partial charge in [0, 0.05) is 39.7 Å². The molecule has 0 spiro atoms. The Bertz CT molecular complexity index is 1220. The number of nitrogens with zero attached hydrogens (tertiary/aromatic N) is 1. The Labute approximate surface area is 206 Å². The highest BCUT2D eigenvalue weighted by Crippen LogP contribution is 2.39. The van der Waals surface area contributed by atoms with Gasteiger partial charge in [-0.25, -0.2) is 4.79 Å². The van der Waals surface area contributed by atoms with E-state index in [1.807, 2.05) is 30.3 Å². The molecule has 2 aromatic carbocycles. The number of methoxy groups -OCH3 is 1. The number of esters is 1. The summed E-state index contributed by atoms with van der Waals surface area (Å²) >= 11 is 7.60. The van der Waals surface area contributed by atoms with E-state index in [1.165, 1.54) is 18.4 Å². The molecular weight excluding hydrogens is 474 g/mol. The molecule has 176 valence electrons. The summed E-state index contributed by atoms with van der Waals surface area (Å²) in [7, 11) is 1.31. The fraction of sp³-hybridized carbons (Fsp3) is 0.240. The summed E-state index contributed by atoms with van der Waals surface area (Å²) in [5, 5.41) is 5.61. The molecule has 0 aliphatic heterocycles. The van der Waals surface area contributed by atoms with E-state index in [4.69, 9.17) is 22.1 Å². The highest BCUT2D eigenvalue weighted by atomic mass is 35.5. The van der Waals surface area contributed by atoms with Crippen LogP contribution in [0.25, 0.3) is 11.1 Å². The number of carbonyl (C=O) groups excluding carboxylic acids is 3. The molecule has 1 saturated carbocycles. The third-order valence-electron chi connectivity index (χ3n) is 5.63. The molecule has 0 unspecified atom stereocenters. The van der Waals surface area contributed by atoms with Gasteiger partial charge in [0.15, 0.2) is 0 Å². The molecular formula is C25H24ClN3O4S. The Morgan fingerprint density at radius 2 is 1.82 bits per heavy atom. The fourth-order valence-corrected chi connectivity index (χ4v) is 4.95. The van der Waals surface area contributed by atoms with Gasteiger partial charge in [-0.3, -0.25) is 14.5 Å². The standard InChI is InChI=1S/C25H24ClN3O4S/c1-33-25(32)22-19(18-4-2-3-5-20(18)26)14-34-24(22)28-21(30)13-29(17-10-11-17)12-15-6-8-16(9-7-15)23(27)31/h2-9,14,17H,10-13H2,1H3,(H2,27,31)(H,28,30). The fourth-order valence-electron chi connectivity index (χ4n) is 3.75. The van der Waals surface area contributed by atoms with Gasteiger partial charge in [0.1, 0.15) is 10.6 Å². The van der Waals surface area contributed by atoms with Crippen molar-refractivity contribution in [3.63, 3.8) is 0 Å². The van der Waals surface area contributed by atoms with Crippen LogP contribution in [0.4, 0.5) is 5.00 Å². The molecule has 9 heteroatoms. The molecule has 0 atom stereocenters. The van der Waals surface area contributed by atoms with Crippen molar-refractivity contribution in [3.8, 4) is 11.1 Å². The number of benzene rings is 2. The smallest absolute Gasteiger partial charge is 0.341 e. The van der Waals surface area contributed by atoms with E-state index in [0.29, 0.717) is 39.3 Å². The minimum atomic E-state index is -0.542. The summed E-state index contributed by atoms with van der Waals surface area (Å²) in [6.07, 6.45) is 2.05. The predicted octanol–water partition coefficient (Wildman–Crippen LogP) is 4.56. The average Bonchev–Trinajstić information content (AvgIpc) is 3.60. The highest BCUT2D eigenvalue weighted by Gasteiger charge is 2.31. The van der Waals surface area contributed by atoms with Gasteiger partial charge < -0.3 is 15.8 Å². The van der Waals surface area contributed by atoms with Crippen molar-refractivity contribution in [3.05, 3.63) is 75.6 Å². The Kier molecular flexibility index (Phi) is 7.31. The van der Waals surface area contributed by atoms with E-state index in [2.05, 4.69) is 10.2 Å². The molecule has 0 bridgehead atoms. The number of anilines is 1. The van der Waals surface area contributed by atoms with Gasteiger partial charge in [-0.15, -0.1) is 11.3 Å². The molecule has 1 fully saturated rings. The first kappa shape index (κ1) is 23.9. The zero-order chi connectivity index (χ0) is 24.2. The zero-order valence-corrected chi connectivity index (χ0v) is 20.1. The monoisotopic (exact) mass is 497 g/mol. The topological polar surface area (TPSA) is 102 Å². The molecule has 34 heavy (non-hydrogen) atoms. The Hall–Kier alpha value is -3.20. The number of amides is 2. The van der Waals surface area contributed by atoms with Crippen LogP contribution in [-0.4, -0.2) is 42.4 Å². The van der Waals surface area contributed by atoms with Gasteiger partial charge in [0.05, 0.1) is 13.7 Å². The van der Waals surface area contributed by atoms with E-state index in [-0.39, 0.29) is 18.0 Å². The number of nitrogens with one attached hydrogen (secondary N) is 1. The summed E-state index contributed by atoms with van der Waals surface area (Å²) in [5.74, 6) is -1.24. The van der Waals surface area contributed by atoms with Crippen LogP contribution in [0.3, 0.4) is 0 Å². The lowest BCUT2D eigenvalue weighted by Crippen LogP contribution is -2.34. The van der Waals surface area contributed by atoms with Crippen molar-refractivity contribution in [1.82, 2.24) is 4.90 Å². The third-order valence-corrected chi connectivity index (χ3v) is 6.86. The number of primary amides is 1. The summed E-state index contributed by atoms with van der Waals surface area (Å²) < 4.78 is 4.98. The molecule has 1 aliphatic carbocycles. The maximum atomic E-state index is 13.0. The van der Waals surface area contributed by atoms with Gasteiger partial charge in [-0.2, -0.15) is 0 Å². The van der Waals surface area contributed by atoms with Crippen LogP contribution in [0, 0.1) is 0 Å². The molecule has 4 rings (SSSR count). The maximum absolute atomic E-state index is 13.0. The first-order chi connectivity index (χ1) is 16.4. The number of halogens is 1. The molecule has 2 amide bonds. The maximum Gasteiger partial charge on any atom is 0.341 e. The lowest BCUT2D eigenvalue weighted by atomic mass is 10.0. The van der Waals surface area contributed by atoms with Crippen molar-refractivity contribution in [2.45, 2.75) is 25.4 Å². The van der Waals surface area contributed by atoms with Gasteiger partial charge in [-0.1, -0.05) is 41.9 Å².